The number of aliphatic hydroxyl groups excluding tert-OH is 1. The van der Waals surface area contributed by atoms with E-state index in [1.807, 2.05) is 0 Å². The van der Waals surface area contributed by atoms with Gasteiger partial charge in [0.05, 0.1) is 19.7 Å². The number of likely N-dealkylation sites (N-methyl/N-ethyl adjacent to an activating group) is 1. The predicted molar refractivity (Wildman–Crippen MR) is 147 cm³/mol. The molecule has 2 saturated heterocycles. The molecule has 2 aromatic carbocycles. The van der Waals surface area contributed by atoms with Gasteiger partial charge in [-0.15, -0.1) is 0 Å². The van der Waals surface area contributed by atoms with Crippen LogP contribution in [0, 0.1) is 0 Å². The molecule has 0 bridgehead atoms. The van der Waals surface area contributed by atoms with Gasteiger partial charge in [0.2, 0.25) is 5.91 Å². The van der Waals surface area contributed by atoms with Crippen molar-refractivity contribution in [1.29, 1.82) is 0 Å². The van der Waals surface area contributed by atoms with E-state index in [0.29, 0.717) is 42.4 Å². The van der Waals surface area contributed by atoms with Gasteiger partial charge in [-0.05, 0) is 54.8 Å². The summed E-state index contributed by atoms with van der Waals surface area (Å²) < 4.78 is 5.50. The van der Waals surface area contributed by atoms with Crippen LogP contribution in [0.4, 0.5) is 11.4 Å². The van der Waals surface area contributed by atoms with Gasteiger partial charge in [-0.3, -0.25) is 24.2 Å². The van der Waals surface area contributed by atoms with E-state index < -0.39 is 24.0 Å². The van der Waals surface area contributed by atoms with E-state index in [1.165, 1.54) is 9.80 Å². The van der Waals surface area contributed by atoms with E-state index in [2.05, 4.69) is 10.3 Å². The van der Waals surface area contributed by atoms with Crippen LogP contribution in [0.5, 0.6) is 0 Å². The van der Waals surface area contributed by atoms with Crippen molar-refractivity contribution in [2.24, 2.45) is 10.7 Å². The number of nitrogens with two attached hydrogens (primary N) is 1. The molecule has 2 unspecified atom stereocenters. The summed E-state index contributed by atoms with van der Waals surface area (Å²) in [7, 11) is 1.57. The molecule has 210 valence electrons. The van der Waals surface area contributed by atoms with Crippen LogP contribution in [0.1, 0.15) is 34.3 Å². The Bertz CT molecular complexity index is 1370. The van der Waals surface area contributed by atoms with Gasteiger partial charge in [-0.2, -0.15) is 0 Å². The zero-order valence-electron chi connectivity index (χ0n) is 22.2. The lowest BCUT2D eigenvalue weighted by Crippen LogP contribution is -2.55. The summed E-state index contributed by atoms with van der Waals surface area (Å²) in [6.07, 6.45) is -1.26. The molecule has 12 heteroatoms. The Morgan fingerprint density at radius 3 is 2.73 bits per heavy atom. The number of anilines is 2. The maximum atomic E-state index is 13.3. The standard InChI is InChI=1S/C28H32N6O6/c1-32(16-22(35)33-9-2-3-10-33)27(38)17-5-4-6-20(14-17)34-11-12-40-24(28(34)39)23(36)26(37)31-19-7-8-21-18(13-19)15-30-25(21)29/h4-8,13-14,23-24,36H,2-3,9-12,15-16H2,1H3,(H2,29,30)(H,31,37). The van der Waals surface area contributed by atoms with E-state index in [1.54, 1.807) is 54.4 Å². The molecule has 2 aromatic rings. The number of nitrogens with one attached hydrogen (secondary N) is 1. The first-order chi connectivity index (χ1) is 19.2. The minimum absolute atomic E-state index is 0.0342. The number of fused-ring (bicyclic) bond motifs is 1. The average Bonchev–Trinajstić information content (AvgIpc) is 3.63. The van der Waals surface area contributed by atoms with Gasteiger partial charge in [0.15, 0.2) is 12.2 Å². The second-order valence-electron chi connectivity index (χ2n) is 10.1. The van der Waals surface area contributed by atoms with Gasteiger partial charge in [0.1, 0.15) is 5.84 Å². The number of carbonyl (C=O) groups is 4. The number of benzene rings is 2. The third-order valence-corrected chi connectivity index (χ3v) is 7.33. The molecule has 0 aliphatic carbocycles. The van der Waals surface area contributed by atoms with Gasteiger partial charge >= 0.3 is 0 Å². The number of likely N-dealkylation sites (tertiary alicyclic amines) is 1. The number of rotatable bonds is 7. The Morgan fingerprint density at radius 1 is 1.18 bits per heavy atom. The Labute approximate surface area is 231 Å². The molecule has 3 aliphatic heterocycles. The van der Waals surface area contributed by atoms with E-state index in [4.69, 9.17) is 10.5 Å². The van der Waals surface area contributed by atoms with Crippen molar-refractivity contribution in [3.05, 3.63) is 59.2 Å². The summed E-state index contributed by atoms with van der Waals surface area (Å²) >= 11 is 0. The van der Waals surface area contributed by atoms with Crippen LogP contribution in [0.2, 0.25) is 0 Å². The second-order valence-corrected chi connectivity index (χ2v) is 10.1. The molecular weight excluding hydrogens is 516 g/mol. The highest BCUT2D eigenvalue weighted by Crippen LogP contribution is 2.24. The largest absolute Gasteiger partial charge is 0.383 e. The molecule has 3 heterocycles. The number of amides is 4. The fourth-order valence-corrected chi connectivity index (χ4v) is 5.12. The summed E-state index contributed by atoms with van der Waals surface area (Å²) in [5.41, 5.74) is 8.64. The fourth-order valence-electron chi connectivity index (χ4n) is 5.12. The first kappa shape index (κ1) is 27.3. The monoisotopic (exact) mass is 548 g/mol. The summed E-state index contributed by atoms with van der Waals surface area (Å²) in [6, 6.07) is 11.6. The molecule has 4 amide bonds. The van der Waals surface area contributed by atoms with E-state index in [0.717, 1.165) is 24.0 Å². The molecule has 2 atom stereocenters. The number of amidine groups is 1. The number of carbonyl (C=O) groups excluding carboxylic acids is 4. The second kappa shape index (κ2) is 11.4. The lowest BCUT2D eigenvalue weighted by atomic mass is 10.1. The van der Waals surface area contributed by atoms with Crippen molar-refractivity contribution in [3.63, 3.8) is 0 Å². The highest BCUT2D eigenvalue weighted by molar-refractivity contribution is 6.05. The van der Waals surface area contributed by atoms with Crippen molar-refractivity contribution in [3.8, 4) is 0 Å². The number of hydrogen-bond donors (Lipinski definition) is 3. The highest BCUT2D eigenvalue weighted by Gasteiger charge is 2.39. The first-order valence-corrected chi connectivity index (χ1v) is 13.2. The summed E-state index contributed by atoms with van der Waals surface area (Å²) in [4.78, 5) is 60.3. The lowest BCUT2D eigenvalue weighted by molar-refractivity contribution is -0.150. The van der Waals surface area contributed by atoms with E-state index >= 15 is 0 Å². The topological polar surface area (TPSA) is 158 Å². The number of aliphatic hydroxyl groups is 1. The number of hydrogen-bond acceptors (Lipinski definition) is 8. The number of aliphatic imine (C=N–C) groups is 1. The summed E-state index contributed by atoms with van der Waals surface area (Å²) in [5, 5.41) is 13.4. The Kier molecular flexibility index (Phi) is 7.81. The molecule has 0 radical (unpaired) electrons. The molecule has 4 N–H and O–H groups in total. The van der Waals surface area contributed by atoms with Crippen LogP contribution >= 0.6 is 0 Å². The Morgan fingerprint density at radius 2 is 1.95 bits per heavy atom. The van der Waals surface area contributed by atoms with Gasteiger partial charge in [0.25, 0.3) is 17.7 Å². The number of morpholine rings is 1. The molecule has 3 aliphatic rings. The Hall–Kier alpha value is -4.29. The van der Waals surface area contributed by atoms with Crippen molar-refractivity contribution in [2.75, 3.05) is 50.1 Å². The third kappa shape index (κ3) is 5.54. The zero-order valence-corrected chi connectivity index (χ0v) is 22.2. The molecule has 12 nitrogen and oxygen atoms in total. The van der Waals surface area contributed by atoms with Gasteiger partial charge in [-0.1, -0.05) is 6.07 Å². The van der Waals surface area contributed by atoms with E-state index in [9.17, 15) is 24.3 Å². The normalized spacial score (nSPS) is 19.2. The average molecular weight is 549 g/mol. The van der Waals surface area contributed by atoms with Crippen LogP contribution in [0.15, 0.2) is 47.5 Å². The maximum Gasteiger partial charge on any atom is 0.259 e. The SMILES string of the molecule is CN(CC(=O)N1CCCC1)C(=O)c1cccc(N2CCOC(C(O)C(=O)Nc3ccc4c(c3)CN=C4N)C2=O)c1. The van der Waals surface area contributed by atoms with Crippen molar-refractivity contribution in [1.82, 2.24) is 9.80 Å². The molecule has 0 spiro atoms. The van der Waals surface area contributed by atoms with Crippen LogP contribution in [-0.4, -0.2) is 96.4 Å². The molecule has 2 fully saturated rings. The van der Waals surface area contributed by atoms with Crippen LogP contribution < -0.4 is 16.0 Å². The molecular formula is C28H32N6O6. The minimum Gasteiger partial charge on any atom is -0.383 e. The summed E-state index contributed by atoms with van der Waals surface area (Å²) in [6.45, 7) is 2.04. The van der Waals surface area contributed by atoms with Crippen molar-refractivity contribution >= 4 is 40.8 Å². The van der Waals surface area contributed by atoms with E-state index in [-0.39, 0.29) is 31.5 Å². The number of nitrogens with zero attached hydrogens (tertiary/aromatic N) is 4. The van der Waals surface area contributed by atoms with Crippen molar-refractivity contribution in [2.45, 2.75) is 31.6 Å². The zero-order chi connectivity index (χ0) is 28.4. The van der Waals surface area contributed by atoms with Crippen LogP contribution in [0.3, 0.4) is 0 Å². The molecule has 5 rings (SSSR count). The molecule has 40 heavy (non-hydrogen) atoms. The molecule has 0 aromatic heterocycles. The lowest BCUT2D eigenvalue weighted by Gasteiger charge is -2.34. The molecule has 0 saturated carbocycles. The smallest absolute Gasteiger partial charge is 0.259 e. The highest BCUT2D eigenvalue weighted by atomic mass is 16.5. The quantitative estimate of drug-likeness (QED) is 0.450. The summed E-state index contributed by atoms with van der Waals surface area (Å²) in [5.74, 6) is -1.42. The van der Waals surface area contributed by atoms with Gasteiger partial charge in [-0.25, -0.2) is 0 Å². The maximum absolute atomic E-state index is 13.3. The predicted octanol–water partition coefficient (Wildman–Crippen LogP) is 0.331. The van der Waals surface area contributed by atoms with Gasteiger partial charge < -0.3 is 35.6 Å². The fraction of sp³-hybridized carbons (Fsp3) is 0.393. The Balaban J connectivity index is 1.23. The van der Waals surface area contributed by atoms with Crippen LogP contribution in [0.25, 0.3) is 0 Å². The van der Waals surface area contributed by atoms with Gasteiger partial charge in [0, 0.05) is 49.2 Å². The van der Waals surface area contributed by atoms with Crippen LogP contribution in [-0.2, 0) is 25.7 Å². The first-order valence-electron chi connectivity index (χ1n) is 13.2. The number of ether oxygens (including phenoxy) is 1. The third-order valence-electron chi connectivity index (χ3n) is 7.33. The van der Waals surface area contributed by atoms with Crippen molar-refractivity contribution < 1.29 is 29.0 Å². The minimum atomic E-state index is -1.77.